The van der Waals surface area contributed by atoms with Gasteiger partial charge in [0.15, 0.2) is 0 Å². The molecule has 0 amide bonds. The number of anilines is 1. The Bertz CT molecular complexity index is 320. The van der Waals surface area contributed by atoms with Gasteiger partial charge in [-0.1, -0.05) is 13.0 Å². The van der Waals surface area contributed by atoms with E-state index in [0.29, 0.717) is 12.2 Å². The van der Waals surface area contributed by atoms with Crippen LogP contribution in [0, 0.1) is 0 Å². The molecule has 0 aromatic carbocycles. The lowest BCUT2D eigenvalue weighted by atomic mass is 10.2. The minimum absolute atomic E-state index is 0.294. The zero-order valence-electron chi connectivity index (χ0n) is 7.94. The molecule has 2 nitrogen and oxygen atoms in total. The fraction of sp³-hybridized carbons (Fsp3) is 0.444. The molecule has 0 saturated heterocycles. The molecule has 0 radical (unpaired) electrons. The molecule has 0 spiro atoms. The topological polar surface area (TPSA) is 24.9 Å². The van der Waals surface area contributed by atoms with E-state index >= 15 is 0 Å². The molecule has 1 aromatic rings. The average Bonchev–Trinajstić information content (AvgIpc) is 2.15. The highest BCUT2D eigenvalue weighted by Crippen LogP contribution is 2.29. The first-order chi connectivity index (χ1) is 6.49. The predicted octanol–water partition coefficient (Wildman–Crippen LogP) is 2.70. The van der Waals surface area contributed by atoms with E-state index in [9.17, 15) is 13.2 Å². The van der Waals surface area contributed by atoms with Crippen LogP contribution in [0.25, 0.3) is 0 Å². The van der Waals surface area contributed by atoms with Gasteiger partial charge in [0.2, 0.25) is 0 Å². The quantitative estimate of drug-likeness (QED) is 0.801. The summed E-state index contributed by atoms with van der Waals surface area (Å²) in [6.07, 6.45) is -3.72. The summed E-state index contributed by atoms with van der Waals surface area (Å²) in [6, 6.07) is 2.45. The molecular weight excluding hydrogens is 193 g/mol. The standard InChI is InChI=1S/C9H11F3N2/c1-3-6-4-5-7(9(10,11)12)14-8(6)13-2/h4-5H,3H2,1-2H3,(H,13,14). The zero-order valence-corrected chi connectivity index (χ0v) is 7.94. The molecule has 0 aliphatic heterocycles. The fourth-order valence-corrected chi connectivity index (χ4v) is 1.15. The van der Waals surface area contributed by atoms with Crippen molar-refractivity contribution >= 4 is 5.82 Å². The number of pyridine rings is 1. The molecule has 0 unspecified atom stereocenters. The molecule has 0 saturated carbocycles. The Morgan fingerprint density at radius 1 is 1.36 bits per heavy atom. The monoisotopic (exact) mass is 204 g/mol. The predicted molar refractivity (Wildman–Crippen MR) is 48.2 cm³/mol. The number of halogens is 3. The SMILES string of the molecule is CCc1ccc(C(F)(F)F)nc1NC. The second kappa shape index (κ2) is 3.86. The van der Waals surface area contributed by atoms with Gasteiger partial charge in [-0.15, -0.1) is 0 Å². The lowest BCUT2D eigenvalue weighted by Gasteiger charge is -2.10. The van der Waals surface area contributed by atoms with E-state index in [1.807, 2.05) is 6.92 Å². The maximum absolute atomic E-state index is 12.2. The Morgan fingerprint density at radius 3 is 2.43 bits per heavy atom. The smallest absolute Gasteiger partial charge is 0.373 e. The first-order valence-electron chi connectivity index (χ1n) is 4.24. The van der Waals surface area contributed by atoms with E-state index in [1.165, 1.54) is 6.07 Å². The number of alkyl halides is 3. The molecule has 78 valence electrons. The highest BCUT2D eigenvalue weighted by molar-refractivity contribution is 5.44. The molecular formula is C9H11F3N2. The van der Waals surface area contributed by atoms with E-state index in [4.69, 9.17) is 0 Å². The Morgan fingerprint density at radius 2 is 2.00 bits per heavy atom. The van der Waals surface area contributed by atoms with Gasteiger partial charge in [-0.25, -0.2) is 4.98 Å². The lowest BCUT2D eigenvalue weighted by Crippen LogP contribution is -2.10. The van der Waals surface area contributed by atoms with Gasteiger partial charge in [-0.2, -0.15) is 13.2 Å². The number of rotatable bonds is 2. The van der Waals surface area contributed by atoms with Crippen LogP contribution < -0.4 is 5.32 Å². The van der Waals surface area contributed by atoms with Crippen LogP contribution in [0.4, 0.5) is 19.0 Å². The van der Waals surface area contributed by atoms with Crippen LogP contribution >= 0.6 is 0 Å². The van der Waals surface area contributed by atoms with Crippen molar-refractivity contribution in [2.24, 2.45) is 0 Å². The molecule has 0 atom stereocenters. The number of aromatic nitrogens is 1. The summed E-state index contributed by atoms with van der Waals surface area (Å²) < 4.78 is 36.7. The van der Waals surface area contributed by atoms with Crippen LogP contribution in [0.3, 0.4) is 0 Å². The summed E-state index contributed by atoms with van der Waals surface area (Å²) >= 11 is 0. The molecule has 1 rings (SSSR count). The van der Waals surface area contributed by atoms with Gasteiger partial charge in [-0.05, 0) is 18.1 Å². The number of hydrogen-bond acceptors (Lipinski definition) is 2. The Hall–Kier alpha value is -1.26. The van der Waals surface area contributed by atoms with Gasteiger partial charge in [0, 0.05) is 7.05 Å². The van der Waals surface area contributed by atoms with Crippen molar-refractivity contribution in [2.75, 3.05) is 12.4 Å². The summed E-state index contributed by atoms with van der Waals surface area (Å²) in [6.45, 7) is 1.87. The molecule has 1 heterocycles. The summed E-state index contributed by atoms with van der Waals surface area (Å²) in [5, 5.41) is 2.65. The van der Waals surface area contributed by atoms with E-state index in [2.05, 4.69) is 10.3 Å². The van der Waals surface area contributed by atoms with E-state index in [-0.39, 0.29) is 0 Å². The highest BCUT2D eigenvalue weighted by Gasteiger charge is 2.32. The summed E-state index contributed by atoms with van der Waals surface area (Å²) in [5.41, 5.74) is -0.0838. The van der Waals surface area contributed by atoms with E-state index in [0.717, 1.165) is 11.6 Å². The maximum Gasteiger partial charge on any atom is 0.433 e. The lowest BCUT2D eigenvalue weighted by molar-refractivity contribution is -0.141. The minimum Gasteiger partial charge on any atom is -0.373 e. The van der Waals surface area contributed by atoms with Gasteiger partial charge in [0.05, 0.1) is 0 Å². The first kappa shape index (κ1) is 10.8. The van der Waals surface area contributed by atoms with Gasteiger partial charge in [0.1, 0.15) is 11.5 Å². The molecule has 0 fully saturated rings. The van der Waals surface area contributed by atoms with Crippen molar-refractivity contribution in [1.29, 1.82) is 0 Å². The average molecular weight is 204 g/mol. The van der Waals surface area contributed by atoms with Crippen LogP contribution in [0.15, 0.2) is 12.1 Å². The van der Waals surface area contributed by atoms with E-state index < -0.39 is 11.9 Å². The van der Waals surface area contributed by atoms with Crippen molar-refractivity contribution in [2.45, 2.75) is 19.5 Å². The van der Waals surface area contributed by atoms with Crippen molar-refractivity contribution in [3.63, 3.8) is 0 Å². The van der Waals surface area contributed by atoms with Crippen LogP contribution in [0.2, 0.25) is 0 Å². The zero-order chi connectivity index (χ0) is 10.8. The van der Waals surface area contributed by atoms with Crippen molar-refractivity contribution in [1.82, 2.24) is 4.98 Å². The first-order valence-corrected chi connectivity index (χ1v) is 4.24. The highest BCUT2D eigenvalue weighted by atomic mass is 19.4. The number of aryl methyl sites for hydroxylation is 1. The van der Waals surface area contributed by atoms with Gasteiger partial charge in [0.25, 0.3) is 0 Å². The molecule has 0 bridgehead atoms. The minimum atomic E-state index is -4.38. The summed E-state index contributed by atoms with van der Waals surface area (Å²) in [4.78, 5) is 3.50. The van der Waals surface area contributed by atoms with Gasteiger partial charge < -0.3 is 5.32 Å². The van der Waals surface area contributed by atoms with Crippen molar-refractivity contribution in [3.05, 3.63) is 23.4 Å². The van der Waals surface area contributed by atoms with Crippen molar-refractivity contribution < 1.29 is 13.2 Å². The van der Waals surface area contributed by atoms with Crippen LogP contribution in [-0.4, -0.2) is 12.0 Å². The summed E-state index contributed by atoms with van der Waals surface area (Å²) in [7, 11) is 1.56. The van der Waals surface area contributed by atoms with Crippen molar-refractivity contribution in [3.8, 4) is 0 Å². The molecule has 5 heteroatoms. The molecule has 1 aromatic heterocycles. The van der Waals surface area contributed by atoms with Gasteiger partial charge >= 0.3 is 6.18 Å². The van der Waals surface area contributed by atoms with Crippen LogP contribution in [0.1, 0.15) is 18.2 Å². The van der Waals surface area contributed by atoms with Crippen LogP contribution in [0.5, 0.6) is 0 Å². The largest absolute Gasteiger partial charge is 0.433 e. The fourth-order valence-electron chi connectivity index (χ4n) is 1.15. The second-order valence-corrected chi connectivity index (χ2v) is 2.81. The molecule has 14 heavy (non-hydrogen) atoms. The third-order valence-corrected chi connectivity index (χ3v) is 1.89. The summed E-state index contributed by atoms with van der Waals surface area (Å²) in [5.74, 6) is 0.294. The number of hydrogen-bond donors (Lipinski definition) is 1. The molecule has 1 N–H and O–H groups in total. The Labute approximate surface area is 80.2 Å². The van der Waals surface area contributed by atoms with E-state index in [1.54, 1.807) is 7.05 Å². The third kappa shape index (κ3) is 2.16. The maximum atomic E-state index is 12.2. The Balaban J connectivity index is 3.14. The van der Waals surface area contributed by atoms with Crippen LogP contribution in [-0.2, 0) is 12.6 Å². The second-order valence-electron chi connectivity index (χ2n) is 2.81. The molecule has 0 aliphatic carbocycles. The van der Waals surface area contributed by atoms with Gasteiger partial charge in [-0.3, -0.25) is 0 Å². The normalized spacial score (nSPS) is 11.5. The third-order valence-electron chi connectivity index (χ3n) is 1.89. The number of nitrogens with zero attached hydrogens (tertiary/aromatic N) is 1. The molecule has 0 aliphatic rings. The number of nitrogens with one attached hydrogen (secondary N) is 1. The Kier molecular flexibility index (Phi) is 2.98.